The van der Waals surface area contributed by atoms with Gasteiger partial charge in [-0.3, -0.25) is 4.79 Å². The lowest BCUT2D eigenvalue weighted by Gasteiger charge is -2.18. The van der Waals surface area contributed by atoms with E-state index in [9.17, 15) is 14.3 Å². The van der Waals surface area contributed by atoms with Gasteiger partial charge in [-0.25, -0.2) is 4.39 Å². The molecule has 0 fully saturated rings. The highest BCUT2D eigenvalue weighted by Crippen LogP contribution is 2.08. The van der Waals surface area contributed by atoms with Crippen molar-refractivity contribution in [3.8, 4) is 0 Å². The Bertz CT molecular complexity index is 295. The number of hydrogen-bond donors (Lipinski definition) is 2. The third-order valence-corrected chi connectivity index (χ3v) is 3.73. The lowest BCUT2D eigenvalue weighted by molar-refractivity contribution is -0.122. The van der Waals surface area contributed by atoms with Crippen molar-refractivity contribution in [2.45, 2.75) is 90.3 Å². The molecule has 2 atom stereocenters. The number of unbranched alkanes of at least 4 members (excludes halogenated alkanes) is 7. The molecule has 0 radical (unpaired) electrons. The van der Waals surface area contributed by atoms with Gasteiger partial charge in [0.05, 0.1) is 12.6 Å². The number of carbonyl (C=O) groups excluding carboxylic acids is 1. The zero-order valence-corrected chi connectivity index (χ0v) is 14.3. The quantitative estimate of drug-likeness (QED) is 0.371. The van der Waals surface area contributed by atoms with Crippen LogP contribution in [-0.2, 0) is 4.79 Å². The maximum atomic E-state index is 14.0. The van der Waals surface area contributed by atoms with E-state index in [4.69, 9.17) is 0 Å². The Morgan fingerprint density at radius 2 is 1.73 bits per heavy atom. The van der Waals surface area contributed by atoms with Crippen LogP contribution in [0.2, 0.25) is 0 Å². The van der Waals surface area contributed by atoms with Gasteiger partial charge in [-0.2, -0.15) is 0 Å². The maximum absolute atomic E-state index is 14.0. The number of hydrogen-bond acceptors (Lipinski definition) is 2. The van der Waals surface area contributed by atoms with E-state index in [1.807, 2.05) is 6.08 Å². The van der Waals surface area contributed by atoms with Crippen molar-refractivity contribution in [3.63, 3.8) is 0 Å². The fraction of sp³-hybridized carbons (Fsp3) is 0.833. The van der Waals surface area contributed by atoms with Gasteiger partial charge in [0, 0.05) is 6.42 Å². The third-order valence-electron chi connectivity index (χ3n) is 3.73. The molecule has 2 N–H and O–H groups in total. The molecule has 3 nitrogen and oxygen atoms in total. The Morgan fingerprint density at radius 3 is 2.36 bits per heavy atom. The number of allylic oxidation sites excluding steroid dienone is 1. The molecule has 0 unspecified atom stereocenters. The van der Waals surface area contributed by atoms with Gasteiger partial charge in [0.2, 0.25) is 5.91 Å². The first-order valence-electron chi connectivity index (χ1n) is 8.86. The lowest BCUT2D eigenvalue weighted by atomic mass is 10.1. The maximum Gasteiger partial charge on any atom is 0.220 e. The van der Waals surface area contributed by atoms with E-state index in [1.54, 1.807) is 0 Å². The van der Waals surface area contributed by atoms with Crippen LogP contribution in [0.25, 0.3) is 0 Å². The van der Waals surface area contributed by atoms with Gasteiger partial charge in [-0.1, -0.05) is 64.5 Å². The van der Waals surface area contributed by atoms with Crippen LogP contribution in [0.1, 0.15) is 78.1 Å². The second kappa shape index (κ2) is 15.0. The summed E-state index contributed by atoms with van der Waals surface area (Å²) in [5, 5.41) is 11.8. The van der Waals surface area contributed by atoms with Crippen molar-refractivity contribution in [1.29, 1.82) is 0 Å². The summed E-state index contributed by atoms with van der Waals surface area (Å²) in [5.74, 6) is -0.178. The summed E-state index contributed by atoms with van der Waals surface area (Å²) in [5.41, 5.74) is 0. The van der Waals surface area contributed by atoms with Crippen LogP contribution in [0.4, 0.5) is 4.39 Å². The molecule has 0 aliphatic carbocycles. The van der Waals surface area contributed by atoms with Gasteiger partial charge in [-0.05, 0) is 19.3 Å². The molecule has 0 aliphatic heterocycles. The van der Waals surface area contributed by atoms with Crippen LogP contribution in [0.15, 0.2) is 12.2 Å². The summed E-state index contributed by atoms with van der Waals surface area (Å²) in [6, 6.07) is -0.828. The fourth-order valence-corrected chi connectivity index (χ4v) is 2.27. The standard InChI is InChI=1S/C18H34FNO2/c1-3-5-7-8-9-10-12-13-16(19)17(15-21)20-18(22)14-11-6-4-2/h12-13,16-17,21H,3-11,14-15H2,1-2H3,(H,20,22)/b13-12+/t16-,17+/m1/s1. The van der Waals surface area contributed by atoms with Crippen LogP contribution >= 0.6 is 0 Å². The van der Waals surface area contributed by atoms with Crippen LogP contribution < -0.4 is 5.32 Å². The fourth-order valence-electron chi connectivity index (χ4n) is 2.27. The van der Waals surface area contributed by atoms with Gasteiger partial charge in [-0.15, -0.1) is 0 Å². The summed E-state index contributed by atoms with van der Waals surface area (Å²) in [4.78, 5) is 11.7. The van der Waals surface area contributed by atoms with Crippen molar-refractivity contribution in [2.24, 2.45) is 0 Å². The minimum Gasteiger partial charge on any atom is -0.394 e. The van der Waals surface area contributed by atoms with E-state index < -0.39 is 12.2 Å². The van der Waals surface area contributed by atoms with Gasteiger partial charge >= 0.3 is 0 Å². The lowest BCUT2D eigenvalue weighted by Crippen LogP contribution is -2.43. The van der Waals surface area contributed by atoms with Gasteiger partial charge in [0.25, 0.3) is 0 Å². The average Bonchev–Trinajstić information content (AvgIpc) is 2.51. The predicted molar refractivity (Wildman–Crippen MR) is 90.6 cm³/mol. The Morgan fingerprint density at radius 1 is 1.09 bits per heavy atom. The van der Waals surface area contributed by atoms with Crippen molar-refractivity contribution in [2.75, 3.05) is 6.61 Å². The molecule has 0 aromatic heterocycles. The second-order valence-corrected chi connectivity index (χ2v) is 5.89. The molecule has 0 heterocycles. The topological polar surface area (TPSA) is 49.3 Å². The largest absolute Gasteiger partial charge is 0.394 e. The molecule has 1 amide bonds. The highest BCUT2D eigenvalue weighted by Gasteiger charge is 2.19. The number of nitrogens with one attached hydrogen (secondary N) is 1. The molecular formula is C18H34FNO2. The molecule has 0 saturated carbocycles. The summed E-state index contributed by atoms with van der Waals surface area (Å²) < 4.78 is 14.0. The van der Waals surface area contributed by atoms with E-state index in [-0.39, 0.29) is 12.5 Å². The van der Waals surface area contributed by atoms with E-state index >= 15 is 0 Å². The highest BCUT2D eigenvalue weighted by atomic mass is 19.1. The van der Waals surface area contributed by atoms with Crippen LogP contribution in [0.3, 0.4) is 0 Å². The minimum absolute atomic E-state index is 0.178. The van der Waals surface area contributed by atoms with Crippen molar-refractivity contribution >= 4 is 5.91 Å². The molecule has 130 valence electrons. The molecule has 4 heteroatoms. The van der Waals surface area contributed by atoms with Crippen LogP contribution in [-0.4, -0.2) is 29.8 Å². The summed E-state index contributed by atoms with van der Waals surface area (Å²) in [6.07, 6.45) is 12.0. The average molecular weight is 315 g/mol. The molecule has 0 aromatic carbocycles. The van der Waals surface area contributed by atoms with E-state index in [1.165, 1.54) is 31.8 Å². The highest BCUT2D eigenvalue weighted by molar-refractivity contribution is 5.76. The number of alkyl halides is 1. The second-order valence-electron chi connectivity index (χ2n) is 5.89. The zero-order chi connectivity index (χ0) is 16.6. The molecule has 22 heavy (non-hydrogen) atoms. The Balaban J connectivity index is 3.92. The Kier molecular flexibility index (Phi) is 14.4. The molecule has 0 saturated heterocycles. The molecule has 0 aliphatic rings. The van der Waals surface area contributed by atoms with Gasteiger partial charge in [0.1, 0.15) is 6.17 Å². The SMILES string of the molecule is CCCCCCC/C=C/[C@@H](F)[C@H](CO)NC(=O)CCCCC. The van der Waals surface area contributed by atoms with Crippen molar-refractivity contribution in [3.05, 3.63) is 12.2 Å². The number of aliphatic hydroxyl groups is 1. The zero-order valence-electron chi connectivity index (χ0n) is 14.3. The summed E-state index contributed by atoms with van der Waals surface area (Å²) in [7, 11) is 0. The Hall–Kier alpha value is -0.900. The van der Waals surface area contributed by atoms with E-state index in [0.29, 0.717) is 6.42 Å². The first kappa shape index (κ1) is 21.1. The number of rotatable bonds is 14. The smallest absolute Gasteiger partial charge is 0.220 e. The number of aliphatic hydroxyl groups excluding tert-OH is 1. The first-order chi connectivity index (χ1) is 10.7. The summed E-state index contributed by atoms with van der Waals surface area (Å²) in [6.45, 7) is 3.87. The monoisotopic (exact) mass is 315 g/mol. The molecule has 0 bridgehead atoms. The number of halogens is 1. The summed E-state index contributed by atoms with van der Waals surface area (Å²) >= 11 is 0. The van der Waals surface area contributed by atoms with Gasteiger partial charge in [0.15, 0.2) is 0 Å². The number of carbonyl (C=O) groups is 1. The van der Waals surface area contributed by atoms with Crippen molar-refractivity contribution < 1.29 is 14.3 Å². The predicted octanol–water partition coefficient (Wildman–Crippen LogP) is 4.30. The molecule has 0 spiro atoms. The number of amides is 1. The molecular weight excluding hydrogens is 281 g/mol. The third kappa shape index (κ3) is 11.7. The van der Waals surface area contributed by atoms with Crippen LogP contribution in [0, 0.1) is 0 Å². The van der Waals surface area contributed by atoms with Crippen molar-refractivity contribution in [1.82, 2.24) is 5.32 Å². The first-order valence-corrected chi connectivity index (χ1v) is 8.86. The molecule has 0 aromatic rings. The van der Waals surface area contributed by atoms with Gasteiger partial charge < -0.3 is 10.4 Å². The van der Waals surface area contributed by atoms with E-state index in [2.05, 4.69) is 19.2 Å². The minimum atomic E-state index is -1.32. The normalized spacial score (nSPS) is 14.2. The molecule has 0 rings (SSSR count). The van der Waals surface area contributed by atoms with E-state index in [0.717, 1.165) is 32.1 Å². The Labute approximate surface area is 135 Å². The van der Waals surface area contributed by atoms with Crippen LogP contribution in [0.5, 0.6) is 0 Å².